The lowest BCUT2D eigenvalue weighted by Gasteiger charge is -2.26. The van der Waals surface area contributed by atoms with E-state index in [4.69, 9.17) is 4.52 Å². The molecule has 1 aliphatic carbocycles. The maximum Gasteiger partial charge on any atom is 0.230 e. The standard InChI is InChI=1S/C16H29N3O/c1-4-6-13-7-9-14(10-8-13)15-18-16(20-19-15)12(3)11-17-5-2/h12-14,17H,4-11H2,1-3H3. The van der Waals surface area contributed by atoms with Gasteiger partial charge in [0.25, 0.3) is 0 Å². The molecule has 20 heavy (non-hydrogen) atoms. The summed E-state index contributed by atoms with van der Waals surface area (Å²) < 4.78 is 5.45. The van der Waals surface area contributed by atoms with Crippen LogP contribution in [0.5, 0.6) is 0 Å². The largest absolute Gasteiger partial charge is 0.339 e. The summed E-state index contributed by atoms with van der Waals surface area (Å²) in [5, 5.41) is 7.55. The molecular weight excluding hydrogens is 250 g/mol. The highest BCUT2D eigenvalue weighted by Gasteiger charge is 2.26. The molecule has 1 unspecified atom stereocenters. The summed E-state index contributed by atoms with van der Waals surface area (Å²) in [5.41, 5.74) is 0. The van der Waals surface area contributed by atoms with E-state index in [2.05, 4.69) is 36.2 Å². The average Bonchev–Trinajstić information content (AvgIpc) is 2.96. The lowest BCUT2D eigenvalue weighted by molar-refractivity contribution is 0.293. The van der Waals surface area contributed by atoms with E-state index in [1.54, 1.807) is 0 Å². The predicted molar refractivity (Wildman–Crippen MR) is 80.9 cm³/mol. The topological polar surface area (TPSA) is 51.0 Å². The van der Waals surface area contributed by atoms with E-state index in [-0.39, 0.29) is 0 Å². The molecule has 0 saturated heterocycles. The first-order chi connectivity index (χ1) is 9.74. The third-order valence-electron chi connectivity index (χ3n) is 4.49. The van der Waals surface area contributed by atoms with Gasteiger partial charge in [-0.3, -0.25) is 0 Å². The van der Waals surface area contributed by atoms with E-state index in [1.807, 2.05) is 0 Å². The summed E-state index contributed by atoms with van der Waals surface area (Å²) in [7, 11) is 0. The van der Waals surface area contributed by atoms with Gasteiger partial charge in [0.05, 0.1) is 0 Å². The Labute approximate surface area is 122 Å². The van der Waals surface area contributed by atoms with Crippen molar-refractivity contribution in [2.24, 2.45) is 5.92 Å². The van der Waals surface area contributed by atoms with Gasteiger partial charge >= 0.3 is 0 Å². The van der Waals surface area contributed by atoms with E-state index in [9.17, 15) is 0 Å². The molecule has 1 aromatic heterocycles. The van der Waals surface area contributed by atoms with Gasteiger partial charge < -0.3 is 9.84 Å². The van der Waals surface area contributed by atoms with Crippen LogP contribution in [0.1, 0.15) is 82.8 Å². The second kappa shape index (κ2) is 7.77. The monoisotopic (exact) mass is 279 g/mol. The molecule has 2 rings (SSSR count). The molecule has 0 radical (unpaired) electrons. The van der Waals surface area contributed by atoms with Gasteiger partial charge in [0.15, 0.2) is 5.82 Å². The molecule has 1 aromatic rings. The molecule has 1 atom stereocenters. The lowest BCUT2D eigenvalue weighted by atomic mass is 9.80. The summed E-state index contributed by atoms with van der Waals surface area (Å²) in [5.74, 6) is 3.48. The van der Waals surface area contributed by atoms with Crippen molar-refractivity contribution in [1.82, 2.24) is 15.5 Å². The highest BCUT2D eigenvalue weighted by molar-refractivity contribution is 5.00. The molecule has 4 heteroatoms. The number of likely N-dealkylation sites (N-methyl/N-ethyl adjacent to an activating group) is 1. The maximum absolute atomic E-state index is 5.45. The summed E-state index contributed by atoms with van der Waals surface area (Å²) in [6.07, 6.45) is 7.80. The van der Waals surface area contributed by atoms with Crippen LogP contribution in [0, 0.1) is 5.92 Å². The fraction of sp³-hybridized carbons (Fsp3) is 0.875. The van der Waals surface area contributed by atoms with Crippen molar-refractivity contribution in [2.45, 2.75) is 71.1 Å². The first-order valence-corrected chi connectivity index (χ1v) is 8.28. The number of aromatic nitrogens is 2. The van der Waals surface area contributed by atoms with Gasteiger partial charge in [-0.05, 0) is 38.1 Å². The van der Waals surface area contributed by atoms with Crippen molar-refractivity contribution in [3.63, 3.8) is 0 Å². The van der Waals surface area contributed by atoms with Crippen molar-refractivity contribution >= 4 is 0 Å². The minimum absolute atomic E-state index is 0.299. The van der Waals surface area contributed by atoms with Gasteiger partial charge in [-0.25, -0.2) is 0 Å². The highest BCUT2D eigenvalue weighted by Crippen LogP contribution is 2.36. The van der Waals surface area contributed by atoms with Crippen LogP contribution in [0.2, 0.25) is 0 Å². The van der Waals surface area contributed by atoms with Crippen molar-refractivity contribution in [3.05, 3.63) is 11.7 Å². The third-order valence-corrected chi connectivity index (χ3v) is 4.49. The molecule has 0 bridgehead atoms. The van der Waals surface area contributed by atoms with Gasteiger partial charge in [-0.2, -0.15) is 4.98 Å². The van der Waals surface area contributed by atoms with E-state index in [0.29, 0.717) is 11.8 Å². The van der Waals surface area contributed by atoms with Crippen LogP contribution in [0.3, 0.4) is 0 Å². The van der Waals surface area contributed by atoms with Crippen LogP contribution in [0.4, 0.5) is 0 Å². The van der Waals surface area contributed by atoms with E-state index in [0.717, 1.165) is 30.7 Å². The molecule has 1 fully saturated rings. The summed E-state index contributed by atoms with van der Waals surface area (Å²) in [6.45, 7) is 8.41. The van der Waals surface area contributed by atoms with Crippen LogP contribution >= 0.6 is 0 Å². The Bertz CT molecular complexity index is 383. The SMILES string of the molecule is CCCC1CCC(c2noc(C(C)CNCC)n2)CC1. The molecule has 0 aliphatic heterocycles. The zero-order valence-electron chi connectivity index (χ0n) is 13.2. The van der Waals surface area contributed by atoms with Crippen molar-refractivity contribution in [1.29, 1.82) is 0 Å². The lowest BCUT2D eigenvalue weighted by Crippen LogP contribution is -2.19. The first kappa shape index (κ1) is 15.5. The van der Waals surface area contributed by atoms with E-state index < -0.39 is 0 Å². The van der Waals surface area contributed by atoms with Crippen LogP contribution in [0.25, 0.3) is 0 Å². The number of hydrogen-bond donors (Lipinski definition) is 1. The van der Waals surface area contributed by atoms with E-state index in [1.165, 1.54) is 38.5 Å². The maximum atomic E-state index is 5.45. The molecule has 0 amide bonds. The Morgan fingerprint density at radius 2 is 2.00 bits per heavy atom. The summed E-state index contributed by atoms with van der Waals surface area (Å²) in [6, 6.07) is 0. The average molecular weight is 279 g/mol. The van der Waals surface area contributed by atoms with Crippen molar-refractivity contribution in [3.8, 4) is 0 Å². The molecule has 1 aliphatic rings. The summed E-state index contributed by atoms with van der Waals surface area (Å²) in [4.78, 5) is 4.64. The van der Waals surface area contributed by atoms with Crippen LogP contribution in [-0.2, 0) is 0 Å². The van der Waals surface area contributed by atoms with Crippen molar-refractivity contribution < 1.29 is 4.52 Å². The second-order valence-corrected chi connectivity index (χ2v) is 6.21. The zero-order chi connectivity index (χ0) is 14.4. The fourth-order valence-corrected chi connectivity index (χ4v) is 3.18. The van der Waals surface area contributed by atoms with Gasteiger partial charge in [-0.15, -0.1) is 0 Å². The Hall–Kier alpha value is -0.900. The molecule has 1 heterocycles. The van der Waals surface area contributed by atoms with Crippen LogP contribution < -0.4 is 5.32 Å². The molecule has 0 aromatic carbocycles. The predicted octanol–water partition coefficient (Wildman–Crippen LogP) is 3.86. The minimum atomic E-state index is 0.299. The molecule has 114 valence electrons. The van der Waals surface area contributed by atoms with Gasteiger partial charge in [0, 0.05) is 18.4 Å². The van der Waals surface area contributed by atoms with Crippen LogP contribution in [0.15, 0.2) is 4.52 Å². The first-order valence-electron chi connectivity index (χ1n) is 8.28. The Balaban J connectivity index is 1.86. The Morgan fingerprint density at radius 3 is 2.65 bits per heavy atom. The van der Waals surface area contributed by atoms with Crippen molar-refractivity contribution in [2.75, 3.05) is 13.1 Å². The fourth-order valence-electron chi connectivity index (χ4n) is 3.18. The Kier molecular flexibility index (Phi) is 6.02. The normalized spacial score (nSPS) is 24.8. The number of rotatable bonds is 7. The zero-order valence-corrected chi connectivity index (χ0v) is 13.2. The van der Waals surface area contributed by atoms with Gasteiger partial charge in [0.2, 0.25) is 5.89 Å². The number of nitrogens with one attached hydrogen (secondary N) is 1. The molecule has 1 saturated carbocycles. The third kappa shape index (κ3) is 4.05. The minimum Gasteiger partial charge on any atom is -0.339 e. The number of hydrogen-bond acceptors (Lipinski definition) is 4. The highest BCUT2D eigenvalue weighted by atomic mass is 16.5. The molecular formula is C16H29N3O. The quantitative estimate of drug-likeness (QED) is 0.823. The second-order valence-electron chi connectivity index (χ2n) is 6.21. The van der Waals surface area contributed by atoms with Gasteiger partial charge in [0.1, 0.15) is 0 Å². The Morgan fingerprint density at radius 1 is 1.25 bits per heavy atom. The van der Waals surface area contributed by atoms with Crippen LogP contribution in [-0.4, -0.2) is 23.2 Å². The molecule has 1 N–H and O–H groups in total. The molecule has 4 nitrogen and oxygen atoms in total. The molecule has 0 spiro atoms. The smallest absolute Gasteiger partial charge is 0.230 e. The van der Waals surface area contributed by atoms with Gasteiger partial charge in [-0.1, -0.05) is 38.8 Å². The number of nitrogens with zero attached hydrogens (tertiary/aromatic N) is 2. The van der Waals surface area contributed by atoms with E-state index >= 15 is 0 Å². The summed E-state index contributed by atoms with van der Waals surface area (Å²) >= 11 is 0.